The second-order valence-electron chi connectivity index (χ2n) is 7.89. The van der Waals surface area contributed by atoms with Gasteiger partial charge in [0.25, 0.3) is 0 Å². The summed E-state index contributed by atoms with van der Waals surface area (Å²) in [5.41, 5.74) is 1.26. The highest BCUT2D eigenvalue weighted by Crippen LogP contribution is 2.30. The molecule has 2 aromatic carbocycles. The molecule has 0 aliphatic heterocycles. The normalized spacial score (nSPS) is 19.8. The molecular weight excluding hydrogens is 551 g/mol. The number of hydrogen-bond donors (Lipinski definition) is 3. The van der Waals surface area contributed by atoms with Crippen LogP contribution in [0.1, 0.15) is 12.0 Å². The number of hydrogen-bond acceptors (Lipinski definition) is 6. The van der Waals surface area contributed by atoms with E-state index in [1.54, 1.807) is 17.0 Å². The van der Waals surface area contributed by atoms with Gasteiger partial charge < -0.3 is 29.9 Å². The van der Waals surface area contributed by atoms with Crippen LogP contribution >= 0.6 is 22.6 Å². The second-order valence-corrected chi connectivity index (χ2v) is 9.05. The average Bonchev–Trinajstić information content (AvgIpc) is 2.84. The minimum absolute atomic E-state index is 0.0990. The second kappa shape index (κ2) is 12.8. The fraction of sp³-hybridized carbons (Fsp3) is 0.360. The maximum Gasteiger partial charge on any atom is 0.249 e. The molecule has 3 rings (SSSR count). The number of methoxy groups -OCH3 is 1. The number of amides is 2. The minimum Gasteiger partial charge on any atom is -0.482 e. The molecule has 9 heteroatoms. The molecule has 0 radical (unpaired) electrons. The van der Waals surface area contributed by atoms with Crippen molar-refractivity contribution in [1.29, 1.82) is 0 Å². The van der Waals surface area contributed by atoms with Crippen molar-refractivity contribution >= 4 is 34.4 Å². The Morgan fingerprint density at radius 3 is 2.53 bits per heavy atom. The van der Waals surface area contributed by atoms with Crippen molar-refractivity contribution in [3.05, 3.63) is 75.4 Å². The van der Waals surface area contributed by atoms with E-state index in [0.717, 1.165) is 9.13 Å². The highest BCUT2D eigenvalue weighted by Gasteiger charge is 2.40. The van der Waals surface area contributed by atoms with Crippen molar-refractivity contribution in [1.82, 2.24) is 10.2 Å². The molecule has 34 heavy (non-hydrogen) atoms. The molecule has 3 N–H and O–H groups in total. The van der Waals surface area contributed by atoms with Crippen LogP contribution in [0.25, 0.3) is 0 Å². The maximum atomic E-state index is 13.1. The largest absolute Gasteiger partial charge is 0.482 e. The number of para-hydroxylation sites is 1. The van der Waals surface area contributed by atoms with Gasteiger partial charge in [0.05, 0.1) is 16.2 Å². The van der Waals surface area contributed by atoms with Gasteiger partial charge in [-0.1, -0.05) is 42.5 Å². The molecule has 0 saturated carbocycles. The molecule has 0 heterocycles. The lowest BCUT2D eigenvalue weighted by Crippen LogP contribution is -2.55. The summed E-state index contributed by atoms with van der Waals surface area (Å²) < 4.78 is 12.1. The Labute approximate surface area is 212 Å². The highest BCUT2D eigenvalue weighted by molar-refractivity contribution is 14.1. The highest BCUT2D eigenvalue weighted by atomic mass is 127. The van der Waals surface area contributed by atoms with Gasteiger partial charge in [0.15, 0.2) is 0 Å². The third-order valence-corrected chi connectivity index (χ3v) is 6.39. The van der Waals surface area contributed by atoms with Gasteiger partial charge >= 0.3 is 0 Å². The number of halogens is 1. The predicted octanol–water partition coefficient (Wildman–Crippen LogP) is 1.88. The molecule has 8 nitrogen and oxygen atoms in total. The van der Waals surface area contributed by atoms with Crippen LogP contribution in [-0.2, 0) is 20.9 Å². The average molecular weight is 580 g/mol. The van der Waals surface area contributed by atoms with Gasteiger partial charge in [0.1, 0.15) is 24.6 Å². The Morgan fingerprint density at radius 1 is 1.15 bits per heavy atom. The fourth-order valence-corrected chi connectivity index (χ4v) is 4.36. The van der Waals surface area contributed by atoms with Crippen LogP contribution in [0.15, 0.2) is 66.2 Å². The quantitative estimate of drug-likeness (QED) is 0.371. The molecule has 1 aliphatic carbocycles. The standard InChI is InChI=1S/C25H29IN2O6/c1-33-16-23(30)28(15-17-7-3-2-4-8-17)20-13-18(25(32)27-11-12-29)14-22(24(20)31)34-21-10-6-5-9-19(21)26/h2-10,14,20,22,24,29,31H,11-13,15-16H2,1H3,(H,27,32). The number of nitrogens with one attached hydrogen (secondary N) is 1. The number of benzene rings is 2. The van der Waals surface area contributed by atoms with Crippen LogP contribution < -0.4 is 10.1 Å². The molecule has 2 amide bonds. The van der Waals surface area contributed by atoms with Gasteiger partial charge in [-0.3, -0.25) is 9.59 Å². The summed E-state index contributed by atoms with van der Waals surface area (Å²) in [4.78, 5) is 27.4. The van der Waals surface area contributed by atoms with E-state index in [9.17, 15) is 14.7 Å². The molecule has 182 valence electrons. The SMILES string of the molecule is COCC(=O)N(Cc1ccccc1)C1CC(C(=O)NCCO)=CC(Oc2ccccc2I)C1O. The first-order valence-electron chi connectivity index (χ1n) is 11.0. The predicted molar refractivity (Wildman–Crippen MR) is 135 cm³/mol. The van der Waals surface area contributed by atoms with Crippen molar-refractivity contribution in [2.45, 2.75) is 31.2 Å². The summed E-state index contributed by atoms with van der Waals surface area (Å²) in [6.45, 7) is -0.0126. The summed E-state index contributed by atoms with van der Waals surface area (Å²) in [6, 6.07) is 16.1. The van der Waals surface area contributed by atoms with Gasteiger partial charge in [0.2, 0.25) is 11.8 Å². The molecule has 1 aliphatic rings. The molecule has 0 spiro atoms. The Morgan fingerprint density at radius 2 is 1.85 bits per heavy atom. The molecule has 0 bridgehead atoms. The summed E-state index contributed by atoms with van der Waals surface area (Å²) in [6.07, 6.45) is -0.224. The van der Waals surface area contributed by atoms with Crippen LogP contribution in [0.2, 0.25) is 0 Å². The summed E-state index contributed by atoms with van der Waals surface area (Å²) in [5.74, 6) is -0.112. The zero-order chi connectivity index (χ0) is 24.5. The van der Waals surface area contributed by atoms with Crippen LogP contribution in [0.4, 0.5) is 0 Å². The summed E-state index contributed by atoms with van der Waals surface area (Å²) in [7, 11) is 1.44. The van der Waals surface area contributed by atoms with E-state index in [4.69, 9.17) is 14.6 Å². The number of aliphatic hydroxyl groups is 2. The molecule has 0 fully saturated rings. The number of carbonyl (C=O) groups excluding carboxylic acids is 2. The number of carbonyl (C=O) groups is 2. The molecule has 3 unspecified atom stereocenters. The lowest BCUT2D eigenvalue weighted by molar-refractivity contribution is -0.143. The third-order valence-electron chi connectivity index (χ3n) is 5.50. The summed E-state index contributed by atoms with van der Waals surface area (Å²) >= 11 is 2.14. The first kappa shape index (κ1) is 26.1. The Hall–Kier alpha value is -2.47. The van der Waals surface area contributed by atoms with E-state index in [-0.39, 0.29) is 44.5 Å². The van der Waals surface area contributed by atoms with Crippen LogP contribution in [0.5, 0.6) is 5.75 Å². The van der Waals surface area contributed by atoms with Crippen molar-refractivity contribution in [2.24, 2.45) is 0 Å². The fourth-order valence-electron chi connectivity index (χ4n) is 3.84. The monoisotopic (exact) mass is 580 g/mol. The van der Waals surface area contributed by atoms with E-state index < -0.39 is 18.2 Å². The Balaban J connectivity index is 1.95. The van der Waals surface area contributed by atoms with E-state index in [1.165, 1.54) is 7.11 Å². The van der Waals surface area contributed by atoms with Gasteiger partial charge in [-0.15, -0.1) is 0 Å². The zero-order valence-corrected chi connectivity index (χ0v) is 21.1. The number of rotatable bonds is 10. The molecule has 2 aromatic rings. The number of ether oxygens (including phenoxy) is 2. The van der Waals surface area contributed by atoms with E-state index in [1.807, 2.05) is 48.5 Å². The lowest BCUT2D eigenvalue weighted by Gasteiger charge is -2.40. The molecule has 0 saturated heterocycles. The van der Waals surface area contributed by atoms with Crippen LogP contribution in [0, 0.1) is 3.57 Å². The topological polar surface area (TPSA) is 108 Å². The molecule has 0 aromatic heterocycles. The zero-order valence-electron chi connectivity index (χ0n) is 18.9. The minimum atomic E-state index is -1.09. The number of aliphatic hydroxyl groups excluding tert-OH is 2. The van der Waals surface area contributed by atoms with Gasteiger partial charge in [0, 0.05) is 32.2 Å². The first-order chi connectivity index (χ1) is 16.4. The van der Waals surface area contributed by atoms with Crippen molar-refractivity contribution in [3.8, 4) is 5.75 Å². The van der Waals surface area contributed by atoms with Crippen molar-refractivity contribution in [2.75, 3.05) is 26.9 Å². The first-order valence-corrected chi connectivity index (χ1v) is 12.0. The maximum absolute atomic E-state index is 13.1. The van der Waals surface area contributed by atoms with Crippen LogP contribution in [0.3, 0.4) is 0 Å². The van der Waals surface area contributed by atoms with Gasteiger partial charge in [-0.25, -0.2) is 0 Å². The van der Waals surface area contributed by atoms with E-state index in [0.29, 0.717) is 11.3 Å². The van der Waals surface area contributed by atoms with E-state index >= 15 is 0 Å². The number of nitrogens with zero attached hydrogens (tertiary/aromatic N) is 1. The Bertz CT molecular complexity index is 1000. The van der Waals surface area contributed by atoms with Crippen molar-refractivity contribution < 1.29 is 29.3 Å². The van der Waals surface area contributed by atoms with Crippen molar-refractivity contribution in [3.63, 3.8) is 0 Å². The van der Waals surface area contributed by atoms with Gasteiger partial charge in [-0.05, 0) is 46.4 Å². The van der Waals surface area contributed by atoms with Crippen LogP contribution in [-0.4, -0.2) is 72.0 Å². The molecular formula is C25H29IN2O6. The Kier molecular flexibility index (Phi) is 9.87. The third kappa shape index (κ3) is 6.78. The van der Waals surface area contributed by atoms with E-state index in [2.05, 4.69) is 27.9 Å². The van der Waals surface area contributed by atoms with Gasteiger partial charge in [-0.2, -0.15) is 0 Å². The lowest BCUT2D eigenvalue weighted by atomic mass is 9.88. The smallest absolute Gasteiger partial charge is 0.249 e. The summed E-state index contributed by atoms with van der Waals surface area (Å²) in [5, 5.41) is 23.1. The molecule has 3 atom stereocenters.